The van der Waals surface area contributed by atoms with Crippen LogP contribution in [0.15, 0.2) is 30.3 Å². The lowest BCUT2D eigenvalue weighted by Gasteiger charge is -2.26. The third-order valence-electron chi connectivity index (χ3n) is 5.58. The van der Waals surface area contributed by atoms with E-state index in [0.29, 0.717) is 25.8 Å². The second kappa shape index (κ2) is 16.2. The molecule has 0 radical (unpaired) electrons. The normalized spacial score (nSPS) is 14.9. The molecule has 0 aliphatic rings. The van der Waals surface area contributed by atoms with Crippen LogP contribution < -0.4 is 33.2 Å². The molecule has 0 aliphatic carbocycles. The maximum Gasteiger partial charge on any atom is 0.328 e. The van der Waals surface area contributed by atoms with Gasteiger partial charge in [0.1, 0.15) is 12.1 Å². The molecule has 206 valence electrons. The Morgan fingerprint density at radius 3 is 2.03 bits per heavy atom. The second-order valence-electron chi connectivity index (χ2n) is 8.77. The molecule has 0 saturated carbocycles. The summed E-state index contributed by atoms with van der Waals surface area (Å²) in [4.78, 5) is 61.4. The first-order valence-electron chi connectivity index (χ1n) is 12.1. The molecule has 1 aromatic carbocycles. The first-order chi connectivity index (χ1) is 17.5. The number of nitrogens with two attached hydrogens (primary N) is 3. The molecule has 1 aromatic rings. The van der Waals surface area contributed by atoms with Gasteiger partial charge in [-0.05, 0) is 38.3 Å². The van der Waals surface area contributed by atoms with E-state index in [1.54, 1.807) is 30.3 Å². The van der Waals surface area contributed by atoms with Crippen molar-refractivity contribution in [1.29, 1.82) is 0 Å². The number of primary amides is 1. The van der Waals surface area contributed by atoms with Gasteiger partial charge in [0.25, 0.3) is 0 Å². The SMILES string of the molecule is CC(O)C(NC(=O)C(CCC(N)=O)NC(=O)C(Cc1ccccc1)NC(=O)C(N)CCCCN)C(=O)O. The zero-order valence-corrected chi connectivity index (χ0v) is 20.9. The van der Waals surface area contributed by atoms with E-state index in [9.17, 15) is 34.2 Å². The van der Waals surface area contributed by atoms with Gasteiger partial charge in [0.05, 0.1) is 12.1 Å². The lowest BCUT2D eigenvalue weighted by Crippen LogP contribution is -2.58. The van der Waals surface area contributed by atoms with Crippen LogP contribution in [0.2, 0.25) is 0 Å². The Kier molecular flexibility index (Phi) is 13.8. The van der Waals surface area contributed by atoms with Gasteiger partial charge in [0.2, 0.25) is 23.6 Å². The quantitative estimate of drug-likeness (QED) is 0.104. The van der Waals surface area contributed by atoms with E-state index in [1.165, 1.54) is 6.92 Å². The van der Waals surface area contributed by atoms with Crippen LogP contribution >= 0.6 is 0 Å². The third kappa shape index (κ3) is 11.8. The first-order valence-corrected chi connectivity index (χ1v) is 12.1. The second-order valence-corrected chi connectivity index (χ2v) is 8.77. The van der Waals surface area contributed by atoms with Gasteiger partial charge < -0.3 is 43.4 Å². The average molecular weight is 523 g/mol. The minimum atomic E-state index is -1.65. The number of carbonyl (C=O) groups excluding carboxylic acids is 4. The Hall–Kier alpha value is -3.55. The van der Waals surface area contributed by atoms with Crippen molar-refractivity contribution in [1.82, 2.24) is 16.0 Å². The fourth-order valence-corrected chi connectivity index (χ4v) is 3.45. The number of hydrogen-bond acceptors (Lipinski definition) is 8. The fraction of sp³-hybridized carbons (Fsp3) is 0.542. The summed E-state index contributed by atoms with van der Waals surface area (Å²) in [5.74, 6) is -4.48. The van der Waals surface area contributed by atoms with Crippen LogP contribution in [0.5, 0.6) is 0 Å². The highest BCUT2D eigenvalue weighted by Crippen LogP contribution is 2.07. The molecule has 13 nitrogen and oxygen atoms in total. The van der Waals surface area contributed by atoms with E-state index in [4.69, 9.17) is 17.2 Å². The number of aliphatic hydroxyl groups excluding tert-OH is 1. The molecule has 11 N–H and O–H groups in total. The van der Waals surface area contributed by atoms with Gasteiger partial charge >= 0.3 is 5.97 Å². The monoisotopic (exact) mass is 522 g/mol. The first kappa shape index (κ1) is 31.5. The van der Waals surface area contributed by atoms with Crippen molar-refractivity contribution in [2.24, 2.45) is 17.2 Å². The highest BCUT2D eigenvalue weighted by molar-refractivity contribution is 5.94. The van der Waals surface area contributed by atoms with Crippen LogP contribution in [0.25, 0.3) is 0 Å². The van der Waals surface area contributed by atoms with E-state index in [1.807, 2.05) is 0 Å². The molecule has 13 heteroatoms. The summed E-state index contributed by atoms with van der Waals surface area (Å²) in [6.07, 6.45) is -0.193. The molecular formula is C24H38N6O7. The number of benzene rings is 1. The van der Waals surface area contributed by atoms with Crippen molar-refractivity contribution >= 4 is 29.6 Å². The lowest BCUT2D eigenvalue weighted by atomic mass is 10.0. The summed E-state index contributed by atoms with van der Waals surface area (Å²) in [6, 6.07) is 3.79. The summed E-state index contributed by atoms with van der Waals surface area (Å²) in [6.45, 7) is 1.64. The van der Waals surface area contributed by atoms with Gasteiger partial charge in [-0.15, -0.1) is 0 Å². The van der Waals surface area contributed by atoms with E-state index in [2.05, 4.69) is 16.0 Å². The zero-order valence-electron chi connectivity index (χ0n) is 20.9. The lowest BCUT2D eigenvalue weighted by molar-refractivity contribution is -0.145. The number of amides is 4. The number of aliphatic hydroxyl groups is 1. The van der Waals surface area contributed by atoms with Crippen LogP contribution in [0.1, 0.15) is 44.6 Å². The maximum absolute atomic E-state index is 13.2. The molecule has 0 saturated heterocycles. The van der Waals surface area contributed by atoms with Crippen LogP contribution in [-0.4, -0.2) is 76.6 Å². The van der Waals surface area contributed by atoms with Crippen LogP contribution in [-0.2, 0) is 30.4 Å². The molecule has 0 fully saturated rings. The number of carbonyl (C=O) groups is 5. The highest BCUT2D eigenvalue weighted by atomic mass is 16.4. The number of carboxylic acid groups (broad SMARTS) is 1. The van der Waals surface area contributed by atoms with Crippen LogP contribution in [0, 0.1) is 0 Å². The molecule has 0 bridgehead atoms. The summed E-state index contributed by atoms with van der Waals surface area (Å²) in [5, 5.41) is 26.2. The summed E-state index contributed by atoms with van der Waals surface area (Å²) >= 11 is 0. The van der Waals surface area contributed by atoms with E-state index < -0.39 is 59.9 Å². The molecular weight excluding hydrogens is 484 g/mol. The Morgan fingerprint density at radius 2 is 1.49 bits per heavy atom. The predicted octanol–water partition coefficient (Wildman–Crippen LogP) is -2.13. The standard InChI is InChI=1S/C24H38N6O7/c1-14(31)20(24(36)37)30-22(34)17(10-11-19(27)32)28-23(35)18(13-15-7-3-2-4-8-15)29-21(33)16(26)9-5-6-12-25/h2-4,7-8,14,16-18,20,31H,5-6,9-13,25-26H2,1H3,(H2,27,32)(H,28,35)(H,29,33)(H,30,34)(H,36,37). The number of carboxylic acids is 1. The number of hydrogen-bond donors (Lipinski definition) is 8. The van der Waals surface area contributed by atoms with Gasteiger partial charge in [0.15, 0.2) is 6.04 Å². The van der Waals surface area contributed by atoms with E-state index in [0.717, 1.165) is 5.56 Å². The molecule has 5 unspecified atom stereocenters. The van der Waals surface area contributed by atoms with Crippen molar-refractivity contribution in [2.75, 3.05) is 6.54 Å². The molecule has 37 heavy (non-hydrogen) atoms. The van der Waals surface area contributed by atoms with Crippen molar-refractivity contribution in [2.45, 2.75) is 75.7 Å². The average Bonchev–Trinajstić information content (AvgIpc) is 2.84. The van der Waals surface area contributed by atoms with Crippen LogP contribution in [0.3, 0.4) is 0 Å². The Labute approximate surface area is 215 Å². The van der Waals surface area contributed by atoms with Crippen molar-refractivity contribution in [3.8, 4) is 0 Å². The van der Waals surface area contributed by atoms with Gasteiger partial charge in [-0.3, -0.25) is 19.2 Å². The minimum Gasteiger partial charge on any atom is -0.480 e. The molecule has 1 rings (SSSR count). The van der Waals surface area contributed by atoms with Gasteiger partial charge in [-0.1, -0.05) is 36.8 Å². The number of nitrogens with one attached hydrogen (secondary N) is 3. The highest BCUT2D eigenvalue weighted by Gasteiger charge is 2.32. The van der Waals surface area contributed by atoms with Gasteiger partial charge in [0, 0.05) is 12.8 Å². The predicted molar refractivity (Wildman–Crippen MR) is 135 cm³/mol. The van der Waals surface area contributed by atoms with Crippen molar-refractivity contribution < 1.29 is 34.2 Å². The Balaban J connectivity index is 3.09. The largest absolute Gasteiger partial charge is 0.480 e. The van der Waals surface area contributed by atoms with Crippen molar-refractivity contribution in [3.63, 3.8) is 0 Å². The number of unbranched alkanes of at least 4 members (excludes halogenated alkanes) is 1. The molecule has 5 atom stereocenters. The Bertz CT molecular complexity index is 912. The molecule has 0 aliphatic heterocycles. The summed E-state index contributed by atoms with van der Waals surface area (Å²) in [5.41, 5.74) is 17.3. The van der Waals surface area contributed by atoms with Crippen molar-refractivity contribution in [3.05, 3.63) is 35.9 Å². The minimum absolute atomic E-state index is 0.0729. The summed E-state index contributed by atoms with van der Waals surface area (Å²) in [7, 11) is 0. The Morgan fingerprint density at radius 1 is 0.892 bits per heavy atom. The molecule has 0 spiro atoms. The molecule has 4 amide bonds. The molecule has 0 heterocycles. The number of aliphatic carboxylic acids is 1. The smallest absolute Gasteiger partial charge is 0.328 e. The number of rotatable bonds is 17. The maximum atomic E-state index is 13.2. The van der Waals surface area contributed by atoms with E-state index in [-0.39, 0.29) is 19.3 Å². The van der Waals surface area contributed by atoms with Crippen LogP contribution in [0.4, 0.5) is 0 Å². The summed E-state index contributed by atoms with van der Waals surface area (Å²) < 4.78 is 0. The fourth-order valence-electron chi connectivity index (χ4n) is 3.45. The molecule has 0 aromatic heterocycles. The third-order valence-corrected chi connectivity index (χ3v) is 5.58. The zero-order chi connectivity index (χ0) is 28.0. The van der Waals surface area contributed by atoms with Gasteiger partial charge in [-0.2, -0.15) is 0 Å². The topological polar surface area (TPSA) is 240 Å². The van der Waals surface area contributed by atoms with E-state index >= 15 is 0 Å². The van der Waals surface area contributed by atoms with Gasteiger partial charge in [-0.25, -0.2) is 4.79 Å².